The van der Waals surface area contributed by atoms with Gasteiger partial charge in [-0.3, -0.25) is 0 Å². The Balaban J connectivity index is -0.00000000900. The minimum Gasteiger partial charge on any atom is -0.572 e. The fourth-order valence-corrected chi connectivity index (χ4v) is 0. The Kier molecular flexibility index (Phi) is 548. The smallest absolute Gasteiger partial charge is 0.572 e. The van der Waals surface area contributed by atoms with Crippen molar-refractivity contribution in [2.24, 2.45) is 0 Å². The van der Waals surface area contributed by atoms with E-state index in [0.717, 1.165) is 0 Å². The molecule has 0 amide bonds. The zero-order valence-corrected chi connectivity index (χ0v) is 6.27. The zero-order chi connectivity index (χ0) is 6.00. The van der Waals surface area contributed by atoms with E-state index in [-0.39, 0.29) is 17.1 Å². The zero-order valence-electron chi connectivity index (χ0n) is 2.71. The fraction of sp³-hybridized carbons (Fsp3) is 0. The minimum absolute atomic E-state index is 0. The summed E-state index contributed by atoms with van der Waals surface area (Å²) in [6.07, 6.45) is 0. The van der Waals surface area contributed by atoms with Crippen LogP contribution in [0.25, 0.3) is 0 Å². The average molecular weight is 209 g/mol. The van der Waals surface area contributed by atoms with E-state index in [1.807, 2.05) is 0 Å². The van der Waals surface area contributed by atoms with Crippen molar-refractivity contribution in [3.05, 3.63) is 0 Å². The molecule has 47 valence electrons. The predicted octanol–water partition coefficient (Wildman–Crippen LogP) is 1.25. The normalized spacial score (nSPS) is 2.57. The third-order valence-electron chi connectivity index (χ3n) is 0. The first-order valence-electron chi connectivity index (χ1n) is 0.463. The van der Waals surface area contributed by atoms with Crippen molar-refractivity contribution in [1.29, 1.82) is 0 Å². The van der Waals surface area contributed by atoms with Crippen molar-refractivity contribution in [2.45, 2.75) is 0 Å². The van der Waals surface area contributed by atoms with E-state index < -0.39 is 0 Å². The van der Waals surface area contributed by atoms with Gasteiger partial charge < -0.3 is 50.7 Å². The monoisotopic (exact) mass is 209 g/mol. The summed E-state index contributed by atoms with van der Waals surface area (Å²) in [5.41, 5.74) is 0. The van der Waals surface area contributed by atoms with Gasteiger partial charge in [0.2, 0.25) is 0 Å². The van der Waals surface area contributed by atoms with Crippen LogP contribution in [0.4, 0.5) is 11.7 Å². The molecule has 0 aliphatic rings. The van der Waals surface area contributed by atoms with Crippen LogP contribution in [0.3, 0.4) is 0 Å². The van der Waals surface area contributed by atoms with Crippen LogP contribution in [0.2, 0.25) is 0 Å². The van der Waals surface area contributed by atoms with Crippen LogP contribution in [0, 0.1) is 0 Å². The van der Waals surface area contributed by atoms with Gasteiger partial charge >= 0.3 is 17.1 Å². The van der Waals surface area contributed by atoms with Gasteiger partial charge in [0.1, 0.15) is 0 Å². The predicted molar refractivity (Wildman–Crippen MR) is 25.4 cm³/mol. The first-order chi connectivity index (χ1) is 3.00. The van der Waals surface area contributed by atoms with Gasteiger partial charge in [-0.1, -0.05) is 0 Å². The molecule has 0 heterocycles. The molecule has 0 spiro atoms. The summed E-state index contributed by atoms with van der Waals surface area (Å²) in [5.74, 6) is 0. The number of halogens is 3. The van der Waals surface area contributed by atoms with Gasteiger partial charge in [0.25, 0.3) is 0 Å². The molecule has 0 fully saturated rings. The Labute approximate surface area is 67.8 Å². The molecule has 0 atom stereocenters. The fourth-order valence-electron chi connectivity index (χ4n) is 0. The molecule has 7 heteroatoms. The van der Waals surface area contributed by atoms with Crippen LogP contribution >= 0.6 is 0 Å². The van der Waals surface area contributed by atoms with Crippen molar-refractivity contribution in [2.75, 3.05) is 0 Å². The quantitative estimate of drug-likeness (QED) is 0.435. The first-order valence-corrected chi connectivity index (χ1v) is 1.39. The van der Waals surface area contributed by atoms with Crippen molar-refractivity contribution in [1.82, 2.24) is 0 Å². The second-order valence-electron chi connectivity index (χ2n) is 0. The number of hydrogen-bond donors (Lipinski definition) is 0. The van der Waals surface area contributed by atoms with Crippen LogP contribution < -0.4 is 0 Å². The Morgan fingerprint density at radius 3 is 0.571 bits per heavy atom. The Bertz CT molecular complexity index is 10.1. The van der Waals surface area contributed by atoms with Crippen molar-refractivity contribution < 1.29 is 28.7 Å². The Hall–Kier alpha value is 1.36. The minimum atomic E-state index is 0. The summed E-state index contributed by atoms with van der Waals surface area (Å²) in [5, 5.41) is 0. The molecular formula is F3FeS3. The molecule has 0 aromatic rings. The van der Waals surface area contributed by atoms with Gasteiger partial charge in [-0.25, -0.2) is 0 Å². The van der Waals surface area contributed by atoms with Crippen LogP contribution in [0.1, 0.15) is 0 Å². The molecule has 0 aromatic carbocycles. The maximum Gasteiger partial charge on any atom is 3.00 e. The molecule has 0 aromatic heterocycles. The third-order valence-corrected chi connectivity index (χ3v) is 0. The summed E-state index contributed by atoms with van der Waals surface area (Å²) in [7, 11) is 0. The molecule has 0 N–H and O–H groups in total. The van der Waals surface area contributed by atoms with Gasteiger partial charge in [-0.05, 0) is 0 Å². The molecule has 0 rings (SSSR count). The topological polar surface area (TPSA) is 0 Å². The van der Waals surface area contributed by atoms with Crippen LogP contribution in [-0.2, 0) is 56.1 Å². The summed E-state index contributed by atoms with van der Waals surface area (Å²) in [6, 6.07) is 0. The van der Waals surface area contributed by atoms with Crippen LogP contribution in [0.5, 0.6) is 0 Å². The second kappa shape index (κ2) is 161. The molecule has 0 saturated carbocycles. The van der Waals surface area contributed by atoms with E-state index >= 15 is 0 Å². The summed E-state index contributed by atoms with van der Waals surface area (Å²) in [4.78, 5) is 0. The van der Waals surface area contributed by atoms with Gasteiger partial charge in [-0.2, -0.15) is 0 Å². The second-order valence-corrected chi connectivity index (χ2v) is 0. The van der Waals surface area contributed by atoms with E-state index in [0.29, 0.717) is 0 Å². The largest absolute Gasteiger partial charge is 3.00 e. The Morgan fingerprint density at radius 1 is 0.571 bits per heavy atom. The van der Waals surface area contributed by atoms with Gasteiger partial charge in [0.05, 0.1) is 0 Å². The van der Waals surface area contributed by atoms with Gasteiger partial charge in [0, 0.05) is 0 Å². The Morgan fingerprint density at radius 2 is 0.571 bits per heavy atom. The van der Waals surface area contributed by atoms with Crippen molar-refractivity contribution in [3.63, 3.8) is 0 Å². The number of hydrogen-bond acceptors (Lipinski definition) is 3. The SMILES string of the molecule is F[S-].F[S-].F[S-].[Fe+3]. The van der Waals surface area contributed by atoms with E-state index in [4.69, 9.17) is 11.7 Å². The molecule has 0 nitrogen and oxygen atoms in total. The van der Waals surface area contributed by atoms with Crippen LogP contribution in [0.15, 0.2) is 0 Å². The van der Waals surface area contributed by atoms with Gasteiger partial charge in [-0.15, -0.1) is 0 Å². The standard InChI is InChI=1S/3FS.Fe/c3*1-2;/q3*-1;+3. The maximum atomic E-state index is 9.08. The molecule has 7 heavy (non-hydrogen) atoms. The summed E-state index contributed by atoms with van der Waals surface area (Å²) < 4.78 is 27.2. The molecule has 0 bridgehead atoms. The molecule has 1 radical (unpaired) electrons. The van der Waals surface area contributed by atoms with Crippen LogP contribution in [-0.4, -0.2) is 0 Å². The first kappa shape index (κ1) is 23.8. The molecular weight excluding hydrogens is 209 g/mol. The molecule has 0 saturated heterocycles. The number of rotatable bonds is 0. The summed E-state index contributed by atoms with van der Waals surface area (Å²) >= 11 is 7.75. The van der Waals surface area contributed by atoms with E-state index in [2.05, 4.69) is 39.0 Å². The van der Waals surface area contributed by atoms with Crippen molar-refractivity contribution >= 4 is 39.0 Å². The van der Waals surface area contributed by atoms with Crippen molar-refractivity contribution in [3.8, 4) is 0 Å². The summed E-state index contributed by atoms with van der Waals surface area (Å²) in [6.45, 7) is 0. The molecule has 0 aliphatic heterocycles. The molecule has 0 unspecified atom stereocenters. The van der Waals surface area contributed by atoms with E-state index in [1.165, 1.54) is 0 Å². The van der Waals surface area contributed by atoms with E-state index in [1.54, 1.807) is 0 Å². The van der Waals surface area contributed by atoms with Gasteiger partial charge in [0.15, 0.2) is 0 Å². The maximum absolute atomic E-state index is 9.08. The third kappa shape index (κ3) is 114. The molecule has 0 aliphatic carbocycles. The average Bonchev–Trinajstić information content (AvgIpc) is 1.81. The van der Waals surface area contributed by atoms with E-state index in [9.17, 15) is 0 Å².